The van der Waals surface area contributed by atoms with Crippen molar-refractivity contribution in [3.05, 3.63) is 0 Å². The molecule has 2 heteroatoms. The van der Waals surface area contributed by atoms with Crippen LogP contribution in [-0.4, -0.2) is 35.4 Å². The van der Waals surface area contributed by atoms with E-state index < -0.39 is 18.7 Å². The Morgan fingerprint density at radius 1 is 1.25 bits per heavy atom. The maximum atomic E-state index is 2.52. The van der Waals surface area contributed by atoms with Gasteiger partial charge in [-0.3, -0.25) is 0 Å². The quantitative estimate of drug-likeness (QED) is 0.643. The van der Waals surface area contributed by atoms with Crippen LogP contribution in [-0.2, 0) is 0 Å². The van der Waals surface area contributed by atoms with E-state index in [4.69, 9.17) is 0 Å². The predicted octanol–water partition coefficient (Wildman–Crippen LogP) is 1.77. The van der Waals surface area contributed by atoms with Crippen LogP contribution in [0.15, 0.2) is 0 Å². The molecule has 0 aromatic heterocycles. The molecule has 0 amide bonds. The van der Waals surface area contributed by atoms with E-state index in [2.05, 4.69) is 31.9 Å². The Morgan fingerprint density at radius 2 is 1.62 bits per heavy atom. The SMILES string of the molecule is CC[N](C)[Sn]([CH3])([CH3])[CH3]. The van der Waals surface area contributed by atoms with Gasteiger partial charge < -0.3 is 0 Å². The molecule has 0 unspecified atom stereocenters. The third-order valence-electron chi connectivity index (χ3n) is 1.62. The van der Waals surface area contributed by atoms with E-state index in [1.54, 1.807) is 0 Å². The molecule has 0 spiro atoms. The van der Waals surface area contributed by atoms with Crippen molar-refractivity contribution < 1.29 is 0 Å². The molecule has 0 aliphatic carbocycles. The second-order valence-corrected chi connectivity index (χ2v) is 17.8. The molecule has 0 aromatic carbocycles. The van der Waals surface area contributed by atoms with Gasteiger partial charge in [0.15, 0.2) is 0 Å². The van der Waals surface area contributed by atoms with Crippen molar-refractivity contribution in [2.24, 2.45) is 0 Å². The average Bonchev–Trinajstić information content (AvgIpc) is 1.62. The van der Waals surface area contributed by atoms with Gasteiger partial charge in [0.1, 0.15) is 0 Å². The van der Waals surface area contributed by atoms with Gasteiger partial charge in [0.05, 0.1) is 0 Å². The fourth-order valence-corrected chi connectivity index (χ4v) is 3.18. The van der Waals surface area contributed by atoms with Gasteiger partial charge in [-0.2, -0.15) is 0 Å². The van der Waals surface area contributed by atoms with Crippen molar-refractivity contribution in [1.82, 2.24) is 3.12 Å². The molecule has 0 aromatic rings. The van der Waals surface area contributed by atoms with E-state index in [0.29, 0.717) is 0 Å². The maximum absolute atomic E-state index is 2.52. The number of hydrogen-bond donors (Lipinski definition) is 0. The zero-order chi connectivity index (χ0) is 6.78. The molecule has 0 radical (unpaired) electrons. The monoisotopic (exact) mass is 223 g/mol. The molecule has 0 saturated heterocycles. The zero-order valence-electron chi connectivity index (χ0n) is 6.65. The van der Waals surface area contributed by atoms with Crippen molar-refractivity contribution in [3.63, 3.8) is 0 Å². The number of hydrogen-bond acceptors (Lipinski definition) is 1. The molecule has 0 bridgehead atoms. The van der Waals surface area contributed by atoms with Crippen molar-refractivity contribution in [1.29, 1.82) is 0 Å². The standard InChI is InChI=1S/C3H8N.3CH3.Sn/c1-3-4-2;;;;/h3H2,1-2H3;3*1H3;/q-1;;;;+1. The summed E-state index contributed by atoms with van der Waals surface area (Å²) in [4.78, 5) is 7.29. The average molecular weight is 222 g/mol. The molecule has 0 rings (SSSR count). The van der Waals surface area contributed by atoms with Crippen molar-refractivity contribution in [2.75, 3.05) is 13.6 Å². The Hall–Kier alpha value is 0.759. The molecule has 0 aliphatic heterocycles. The van der Waals surface area contributed by atoms with Gasteiger partial charge in [-0.15, -0.1) is 0 Å². The van der Waals surface area contributed by atoms with Crippen molar-refractivity contribution in [3.8, 4) is 0 Å². The van der Waals surface area contributed by atoms with E-state index in [1.165, 1.54) is 6.54 Å². The first kappa shape index (κ1) is 8.76. The number of rotatable bonds is 2. The summed E-state index contributed by atoms with van der Waals surface area (Å²) in [6, 6.07) is 0. The van der Waals surface area contributed by atoms with Crippen molar-refractivity contribution >= 4 is 18.7 Å². The molecule has 0 saturated carbocycles. The summed E-state index contributed by atoms with van der Waals surface area (Å²) in [5.41, 5.74) is 0. The van der Waals surface area contributed by atoms with Crippen LogP contribution in [0.25, 0.3) is 0 Å². The van der Waals surface area contributed by atoms with E-state index in [0.717, 1.165) is 0 Å². The number of nitrogens with zero attached hydrogens (tertiary/aromatic N) is 1. The minimum absolute atomic E-state index is 1.22. The Morgan fingerprint density at radius 3 is 1.62 bits per heavy atom. The molecule has 0 atom stereocenters. The third kappa shape index (κ3) is 2.92. The van der Waals surface area contributed by atoms with Crippen LogP contribution in [0.3, 0.4) is 0 Å². The second-order valence-electron chi connectivity index (χ2n) is 3.18. The minimum atomic E-state index is -1.58. The summed E-state index contributed by atoms with van der Waals surface area (Å²) in [6.45, 7) is 3.45. The van der Waals surface area contributed by atoms with Crippen LogP contribution >= 0.6 is 0 Å². The Kier molecular flexibility index (Phi) is 3.35. The Bertz CT molecular complexity index is 65.4. The first-order valence-corrected chi connectivity index (χ1v) is 13.0. The van der Waals surface area contributed by atoms with Crippen molar-refractivity contribution in [2.45, 2.75) is 21.7 Å². The summed E-state index contributed by atoms with van der Waals surface area (Å²) in [7, 11) is 2.23. The van der Waals surface area contributed by atoms with E-state index in [1.807, 2.05) is 0 Å². The van der Waals surface area contributed by atoms with Crippen LogP contribution in [0, 0.1) is 0 Å². The predicted molar refractivity (Wildman–Crippen MR) is 41.7 cm³/mol. The Labute approximate surface area is 57.3 Å². The molecular formula is C6H17NSn. The molecule has 8 heavy (non-hydrogen) atoms. The van der Waals surface area contributed by atoms with Gasteiger partial charge in [0.2, 0.25) is 0 Å². The van der Waals surface area contributed by atoms with Gasteiger partial charge in [-0.25, -0.2) is 0 Å². The van der Waals surface area contributed by atoms with Gasteiger partial charge in [-0.1, -0.05) is 0 Å². The van der Waals surface area contributed by atoms with E-state index >= 15 is 0 Å². The molecule has 0 heterocycles. The van der Waals surface area contributed by atoms with Gasteiger partial charge >= 0.3 is 57.1 Å². The van der Waals surface area contributed by atoms with Gasteiger partial charge in [-0.05, 0) is 0 Å². The van der Waals surface area contributed by atoms with Gasteiger partial charge in [0.25, 0.3) is 0 Å². The molecule has 1 nitrogen and oxygen atoms in total. The fourth-order valence-electron chi connectivity index (χ4n) is 0.474. The molecular weight excluding hydrogens is 205 g/mol. The zero-order valence-corrected chi connectivity index (χ0v) is 9.51. The molecule has 0 aliphatic rings. The normalized spacial score (nSPS) is 12.8. The van der Waals surface area contributed by atoms with Gasteiger partial charge in [0, 0.05) is 0 Å². The molecule has 0 N–H and O–H groups in total. The van der Waals surface area contributed by atoms with Crippen LogP contribution in [0.2, 0.25) is 14.8 Å². The van der Waals surface area contributed by atoms with Crippen LogP contribution < -0.4 is 0 Å². The third-order valence-corrected chi connectivity index (χ3v) is 9.06. The molecule has 0 fully saturated rings. The van der Waals surface area contributed by atoms with Crippen LogP contribution in [0.1, 0.15) is 6.92 Å². The Balaban J connectivity index is 3.62. The fraction of sp³-hybridized carbons (Fsp3) is 1.00. The second kappa shape index (κ2) is 3.06. The first-order chi connectivity index (χ1) is 3.48. The topological polar surface area (TPSA) is 3.24 Å². The van der Waals surface area contributed by atoms with E-state index in [9.17, 15) is 0 Å². The summed E-state index contributed by atoms with van der Waals surface area (Å²) in [6.07, 6.45) is 0. The first-order valence-electron chi connectivity index (χ1n) is 3.19. The van der Waals surface area contributed by atoms with Crippen LogP contribution in [0.5, 0.6) is 0 Å². The van der Waals surface area contributed by atoms with E-state index in [-0.39, 0.29) is 0 Å². The summed E-state index contributed by atoms with van der Waals surface area (Å²) < 4.78 is 2.52. The molecule has 50 valence electrons. The summed E-state index contributed by atoms with van der Waals surface area (Å²) in [5, 5.41) is 0. The van der Waals surface area contributed by atoms with Crippen LogP contribution in [0.4, 0.5) is 0 Å². The summed E-state index contributed by atoms with van der Waals surface area (Å²) in [5.74, 6) is 0. The summed E-state index contributed by atoms with van der Waals surface area (Å²) >= 11 is -1.58.